The highest BCUT2D eigenvalue weighted by molar-refractivity contribution is 7.99. The van der Waals surface area contributed by atoms with E-state index in [1.54, 1.807) is 11.8 Å². The Hall–Kier alpha value is -2.59. The fraction of sp³-hybridized carbons (Fsp3) is 0.606. The third kappa shape index (κ3) is 6.90. The fourth-order valence-corrected chi connectivity index (χ4v) is 8.23. The summed E-state index contributed by atoms with van der Waals surface area (Å²) in [6.45, 7) is 3.41. The summed E-state index contributed by atoms with van der Waals surface area (Å²) in [5.41, 5.74) is 2.65. The Labute approximate surface area is 257 Å². The molecular formula is C33H43F3N4O2S. The largest absolute Gasteiger partial charge is 0.405 e. The van der Waals surface area contributed by atoms with Crippen LogP contribution in [0.15, 0.2) is 47.0 Å². The molecule has 0 aromatic heterocycles. The summed E-state index contributed by atoms with van der Waals surface area (Å²) in [5, 5.41) is 5.51. The lowest BCUT2D eigenvalue weighted by atomic mass is 9.71. The molecule has 2 N–H and O–H groups in total. The molecular weight excluding hydrogens is 573 g/mol. The summed E-state index contributed by atoms with van der Waals surface area (Å²) in [6, 6.07) is 7.87. The van der Waals surface area contributed by atoms with Gasteiger partial charge in [0.25, 0.3) is 0 Å². The molecule has 0 bridgehead atoms. The van der Waals surface area contributed by atoms with Gasteiger partial charge in [-0.2, -0.15) is 13.2 Å². The van der Waals surface area contributed by atoms with Gasteiger partial charge in [-0.1, -0.05) is 49.8 Å². The Balaban J connectivity index is 1.18. The number of likely N-dealkylation sites (tertiary alicyclic amines) is 1. The average molecular weight is 617 g/mol. The molecule has 2 aliphatic carbocycles. The lowest BCUT2D eigenvalue weighted by molar-refractivity contribution is -0.141. The highest BCUT2D eigenvalue weighted by Gasteiger charge is 2.50. The zero-order valence-electron chi connectivity index (χ0n) is 25.1. The summed E-state index contributed by atoms with van der Waals surface area (Å²) < 4.78 is 39.4. The van der Waals surface area contributed by atoms with Gasteiger partial charge in [0.05, 0.1) is 11.3 Å². The molecule has 0 radical (unpaired) electrons. The van der Waals surface area contributed by atoms with Crippen LogP contribution in [0.5, 0.6) is 0 Å². The van der Waals surface area contributed by atoms with E-state index in [4.69, 9.17) is 0 Å². The minimum absolute atomic E-state index is 0.0227. The maximum atomic E-state index is 13.7. The maximum Gasteiger partial charge on any atom is 0.405 e. The molecule has 4 unspecified atom stereocenters. The van der Waals surface area contributed by atoms with E-state index in [1.807, 2.05) is 48.9 Å². The van der Waals surface area contributed by atoms with E-state index in [2.05, 4.69) is 27.4 Å². The van der Waals surface area contributed by atoms with Gasteiger partial charge >= 0.3 is 6.18 Å². The Bertz CT molecular complexity index is 1270. The third-order valence-electron chi connectivity index (χ3n) is 9.58. The lowest BCUT2D eigenvalue weighted by Gasteiger charge is -2.36. The number of fused-ring (bicyclic) bond motifs is 2. The summed E-state index contributed by atoms with van der Waals surface area (Å²) in [4.78, 5) is 33.7. The average Bonchev–Trinajstić information content (AvgIpc) is 3.29. The van der Waals surface area contributed by atoms with Gasteiger partial charge in [0.15, 0.2) is 0 Å². The number of benzene rings is 1. The summed E-state index contributed by atoms with van der Waals surface area (Å²) in [6.07, 6.45) is 9.73. The molecule has 4 atom stereocenters. The van der Waals surface area contributed by atoms with Crippen molar-refractivity contribution in [2.75, 3.05) is 32.4 Å². The second-order valence-electron chi connectivity index (χ2n) is 12.4. The molecule has 6 nitrogen and oxygen atoms in total. The smallest absolute Gasteiger partial charge is 0.353 e. The van der Waals surface area contributed by atoms with Crippen LogP contribution < -0.4 is 10.6 Å². The summed E-state index contributed by atoms with van der Waals surface area (Å²) in [5.74, 6) is -0.281. The van der Waals surface area contributed by atoms with Gasteiger partial charge in [-0.25, -0.2) is 0 Å². The Morgan fingerprint density at radius 3 is 2.67 bits per heavy atom. The SMILES string of the molecule is CSC1N=CCC(C)C1C(=O)NC1CCN(CCCCC2(C(=O)NCC(F)(F)F)C3=C(CCC=C3)c3ccccc32)CC1. The molecule has 0 saturated carbocycles. The first-order chi connectivity index (χ1) is 20.6. The van der Waals surface area contributed by atoms with Crippen molar-refractivity contribution in [3.05, 3.63) is 53.1 Å². The predicted molar refractivity (Wildman–Crippen MR) is 167 cm³/mol. The van der Waals surface area contributed by atoms with E-state index in [9.17, 15) is 22.8 Å². The van der Waals surface area contributed by atoms with Crippen LogP contribution in [0.25, 0.3) is 5.57 Å². The number of alkyl halides is 3. The molecule has 1 aromatic rings. The number of halogens is 3. The van der Waals surface area contributed by atoms with Crippen molar-refractivity contribution < 1.29 is 22.8 Å². The third-order valence-corrected chi connectivity index (χ3v) is 10.5. The van der Waals surface area contributed by atoms with Crippen LogP contribution in [0, 0.1) is 11.8 Å². The number of thioether (sulfide) groups is 1. The van der Waals surface area contributed by atoms with Crippen LogP contribution in [0.1, 0.15) is 69.4 Å². The Kier molecular flexibility index (Phi) is 10.1. The zero-order chi connectivity index (χ0) is 30.6. The molecule has 5 rings (SSSR count). The highest BCUT2D eigenvalue weighted by atomic mass is 32.2. The van der Waals surface area contributed by atoms with E-state index >= 15 is 0 Å². The first-order valence-electron chi connectivity index (χ1n) is 15.6. The van der Waals surface area contributed by atoms with E-state index in [0.717, 1.165) is 80.4 Å². The first kappa shape index (κ1) is 31.8. The number of nitrogens with zero attached hydrogens (tertiary/aromatic N) is 2. The number of amides is 2. The van der Waals surface area contributed by atoms with Gasteiger partial charge in [0.1, 0.15) is 11.9 Å². The van der Waals surface area contributed by atoms with Crippen LogP contribution >= 0.6 is 11.8 Å². The number of hydrogen-bond donors (Lipinski definition) is 2. The minimum atomic E-state index is -4.47. The van der Waals surface area contributed by atoms with Crippen molar-refractivity contribution in [2.24, 2.45) is 16.8 Å². The van der Waals surface area contributed by atoms with Crippen molar-refractivity contribution in [2.45, 2.75) is 81.3 Å². The van der Waals surface area contributed by atoms with Gasteiger partial charge in [-0.15, -0.1) is 11.8 Å². The van der Waals surface area contributed by atoms with Crippen LogP contribution in [0.2, 0.25) is 0 Å². The first-order valence-corrected chi connectivity index (χ1v) is 16.8. The molecule has 4 aliphatic rings. The number of hydrogen-bond acceptors (Lipinski definition) is 5. The van der Waals surface area contributed by atoms with Crippen molar-refractivity contribution in [1.29, 1.82) is 0 Å². The second kappa shape index (κ2) is 13.6. The number of carbonyl (C=O) groups is 2. The maximum absolute atomic E-state index is 13.7. The molecule has 0 spiro atoms. The minimum Gasteiger partial charge on any atom is -0.353 e. The van der Waals surface area contributed by atoms with Gasteiger partial charge in [-0.05, 0) is 85.9 Å². The lowest BCUT2D eigenvalue weighted by Crippen LogP contribution is -2.49. The van der Waals surface area contributed by atoms with E-state index in [1.165, 1.54) is 0 Å². The van der Waals surface area contributed by atoms with Gasteiger partial charge in [-0.3, -0.25) is 14.6 Å². The normalized spacial score (nSPS) is 27.6. The molecule has 234 valence electrons. The van der Waals surface area contributed by atoms with Gasteiger partial charge < -0.3 is 15.5 Å². The molecule has 1 aromatic carbocycles. The number of unbranched alkanes of at least 4 members (excludes halogenated alkanes) is 1. The molecule has 1 fully saturated rings. The van der Waals surface area contributed by atoms with E-state index in [0.29, 0.717) is 12.8 Å². The quantitative estimate of drug-likeness (QED) is 0.322. The monoisotopic (exact) mass is 616 g/mol. The molecule has 10 heteroatoms. The number of nitrogens with one attached hydrogen (secondary N) is 2. The van der Waals surface area contributed by atoms with Crippen LogP contribution in [0.4, 0.5) is 13.2 Å². The van der Waals surface area contributed by atoms with Crippen molar-refractivity contribution in [3.8, 4) is 0 Å². The standard InChI is InChI=1S/C33H43F3N4O2S/c1-22-13-17-37-30(43-2)28(22)29(41)39-23-14-19-40(20-15-23)18-8-7-16-32(31(42)38-21-33(34,35)36)26-11-5-3-9-24(26)25-10-4-6-12-27(25)32/h3,5-6,9,11-12,17,22-23,28,30H,4,7-8,10,13-16,18-21H2,1-2H3,(H,38,42)(H,39,41). The number of aliphatic imine (C=N–C) groups is 1. The zero-order valence-corrected chi connectivity index (χ0v) is 25.9. The van der Waals surface area contributed by atoms with Crippen LogP contribution in [0.3, 0.4) is 0 Å². The topological polar surface area (TPSA) is 73.8 Å². The number of carbonyl (C=O) groups excluding carboxylic acids is 2. The molecule has 2 aliphatic heterocycles. The Morgan fingerprint density at radius 2 is 1.93 bits per heavy atom. The number of allylic oxidation sites excluding steroid dienone is 3. The van der Waals surface area contributed by atoms with Crippen LogP contribution in [-0.2, 0) is 15.0 Å². The summed E-state index contributed by atoms with van der Waals surface area (Å²) >= 11 is 1.63. The summed E-state index contributed by atoms with van der Waals surface area (Å²) in [7, 11) is 0. The molecule has 2 heterocycles. The highest BCUT2D eigenvalue weighted by Crippen LogP contribution is 2.52. The van der Waals surface area contributed by atoms with Crippen molar-refractivity contribution in [1.82, 2.24) is 15.5 Å². The predicted octanol–water partition coefficient (Wildman–Crippen LogP) is 5.89. The number of rotatable bonds is 10. The Morgan fingerprint density at radius 1 is 1.16 bits per heavy atom. The van der Waals surface area contributed by atoms with E-state index in [-0.39, 0.29) is 29.2 Å². The van der Waals surface area contributed by atoms with Crippen molar-refractivity contribution in [3.63, 3.8) is 0 Å². The fourth-order valence-electron chi connectivity index (χ4n) is 7.34. The van der Waals surface area contributed by atoms with Gasteiger partial charge in [0, 0.05) is 25.3 Å². The van der Waals surface area contributed by atoms with Crippen LogP contribution in [-0.4, -0.2) is 73.0 Å². The van der Waals surface area contributed by atoms with E-state index < -0.39 is 24.0 Å². The number of piperidine rings is 1. The molecule has 2 amide bonds. The molecule has 43 heavy (non-hydrogen) atoms. The second-order valence-corrected chi connectivity index (χ2v) is 13.3. The van der Waals surface area contributed by atoms with Gasteiger partial charge in [0.2, 0.25) is 11.8 Å². The van der Waals surface area contributed by atoms with Crippen molar-refractivity contribution >= 4 is 35.4 Å². The molecule has 1 saturated heterocycles.